The summed E-state index contributed by atoms with van der Waals surface area (Å²) in [6, 6.07) is 9.68. The normalized spacial score (nSPS) is 10.5. The van der Waals surface area contributed by atoms with Crippen molar-refractivity contribution < 1.29 is 19.4 Å². The number of nitrogens with zero attached hydrogens (tertiary/aromatic N) is 2. The zero-order valence-corrected chi connectivity index (χ0v) is 12.5. The van der Waals surface area contributed by atoms with Crippen molar-refractivity contribution in [2.75, 3.05) is 7.11 Å². The summed E-state index contributed by atoms with van der Waals surface area (Å²) >= 11 is 0. The van der Waals surface area contributed by atoms with E-state index < -0.39 is 21.2 Å². The fraction of sp³-hybridized carbons (Fsp3) is 0.0625. The molecule has 0 bridgehead atoms. The first-order valence-electron chi connectivity index (χ1n) is 6.71. The molecule has 0 aromatic heterocycles. The standard InChI is InChI=1S/C16H12N2O6/c1-24-14-4-2-3-12(9-14)16(19)8-6-11-5-7-13(17(20)21)10-15(11)18(22)23/h2-10H,1H3. The van der Waals surface area contributed by atoms with Crippen LogP contribution in [0.15, 0.2) is 48.5 Å². The largest absolute Gasteiger partial charge is 0.497 e. The third kappa shape index (κ3) is 3.80. The van der Waals surface area contributed by atoms with Crippen LogP contribution in [0.4, 0.5) is 11.4 Å². The van der Waals surface area contributed by atoms with Gasteiger partial charge in [0.25, 0.3) is 11.4 Å². The minimum Gasteiger partial charge on any atom is -0.497 e. The van der Waals surface area contributed by atoms with Gasteiger partial charge in [0.15, 0.2) is 5.78 Å². The SMILES string of the molecule is COc1cccc(C(=O)C=Cc2ccc([N+](=O)[O-])cc2[N+](=O)[O-])c1. The van der Waals surface area contributed by atoms with E-state index in [0.717, 1.165) is 12.1 Å². The summed E-state index contributed by atoms with van der Waals surface area (Å²) in [5, 5.41) is 21.7. The van der Waals surface area contributed by atoms with E-state index in [9.17, 15) is 25.0 Å². The maximum atomic E-state index is 12.1. The van der Waals surface area contributed by atoms with E-state index in [1.54, 1.807) is 18.2 Å². The Hall–Kier alpha value is -3.55. The number of rotatable bonds is 6. The van der Waals surface area contributed by atoms with Crippen LogP contribution in [-0.2, 0) is 0 Å². The average Bonchev–Trinajstić information content (AvgIpc) is 2.59. The highest BCUT2D eigenvalue weighted by Gasteiger charge is 2.18. The second kappa shape index (κ2) is 7.14. The lowest BCUT2D eigenvalue weighted by Gasteiger charge is -2.01. The summed E-state index contributed by atoms with van der Waals surface area (Å²) in [5.41, 5.74) is -0.381. The lowest BCUT2D eigenvalue weighted by Crippen LogP contribution is -1.97. The highest BCUT2D eigenvalue weighted by atomic mass is 16.6. The molecule has 8 nitrogen and oxygen atoms in total. The summed E-state index contributed by atoms with van der Waals surface area (Å²) in [7, 11) is 1.47. The second-order valence-electron chi connectivity index (χ2n) is 4.69. The van der Waals surface area contributed by atoms with Gasteiger partial charge in [0, 0.05) is 11.6 Å². The molecule has 0 spiro atoms. The molecule has 8 heteroatoms. The van der Waals surface area contributed by atoms with Gasteiger partial charge in [-0.3, -0.25) is 25.0 Å². The summed E-state index contributed by atoms with van der Waals surface area (Å²) in [6.07, 6.45) is 2.42. The summed E-state index contributed by atoms with van der Waals surface area (Å²) in [4.78, 5) is 32.4. The number of allylic oxidation sites excluding steroid dienone is 1. The molecule has 0 aliphatic heterocycles. The first-order chi connectivity index (χ1) is 11.4. The molecule has 0 fully saturated rings. The smallest absolute Gasteiger partial charge is 0.283 e. The van der Waals surface area contributed by atoms with Crippen LogP contribution < -0.4 is 4.74 Å². The molecule has 0 radical (unpaired) electrons. The molecular weight excluding hydrogens is 316 g/mol. The van der Waals surface area contributed by atoms with E-state index in [4.69, 9.17) is 4.74 Å². The van der Waals surface area contributed by atoms with Crippen LogP contribution in [0.25, 0.3) is 6.08 Å². The number of benzene rings is 2. The molecule has 0 saturated heterocycles. The van der Waals surface area contributed by atoms with E-state index in [1.165, 1.54) is 31.4 Å². The third-order valence-corrected chi connectivity index (χ3v) is 3.19. The number of nitro groups is 2. The van der Waals surface area contributed by atoms with Crippen LogP contribution in [-0.4, -0.2) is 22.7 Å². The number of methoxy groups -OCH3 is 1. The van der Waals surface area contributed by atoms with Gasteiger partial charge in [-0.05, 0) is 30.4 Å². The van der Waals surface area contributed by atoms with E-state index in [1.807, 2.05) is 0 Å². The first kappa shape index (κ1) is 16.8. The molecule has 122 valence electrons. The summed E-state index contributed by atoms with van der Waals surface area (Å²) < 4.78 is 5.02. The Kier molecular flexibility index (Phi) is 5.00. The number of hydrogen-bond acceptors (Lipinski definition) is 6. The first-order valence-corrected chi connectivity index (χ1v) is 6.71. The Morgan fingerprint density at radius 2 is 1.83 bits per heavy atom. The van der Waals surface area contributed by atoms with Crippen molar-refractivity contribution in [1.82, 2.24) is 0 Å². The molecule has 0 amide bonds. The monoisotopic (exact) mass is 328 g/mol. The molecule has 0 aliphatic rings. The lowest BCUT2D eigenvalue weighted by atomic mass is 10.1. The van der Waals surface area contributed by atoms with Crippen LogP contribution in [0.3, 0.4) is 0 Å². The Balaban J connectivity index is 2.32. The van der Waals surface area contributed by atoms with Crippen molar-refractivity contribution >= 4 is 23.2 Å². The van der Waals surface area contributed by atoms with Crippen LogP contribution in [0.5, 0.6) is 5.75 Å². The highest BCUT2D eigenvalue weighted by molar-refractivity contribution is 6.07. The number of hydrogen-bond donors (Lipinski definition) is 0. The molecule has 0 unspecified atom stereocenters. The molecule has 0 atom stereocenters. The Morgan fingerprint density at radius 1 is 1.08 bits per heavy atom. The van der Waals surface area contributed by atoms with Gasteiger partial charge < -0.3 is 4.74 Å². The third-order valence-electron chi connectivity index (χ3n) is 3.19. The topological polar surface area (TPSA) is 113 Å². The number of carbonyl (C=O) groups is 1. The molecular formula is C16H12N2O6. The second-order valence-corrected chi connectivity index (χ2v) is 4.69. The molecule has 0 saturated carbocycles. The highest BCUT2D eigenvalue weighted by Crippen LogP contribution is 2.26. The van der Waals surface area contributed by atoms with Crippen molar-refractivity contribution in [2.24, 2.45) is 0 Å². The molecule has 24 heavy (non-hydrogen) atoms. The maximum Gasteiger partial charge on any atom is 0.283 e. The zero-order valence-electron chi connectivity index (χ0n) is 12.5. The van der Waals surface area contributed by atoms with Crippen molar-refractivity contribution in [3.05, 3.63) is 79.9 Å². The minimum atomic E-state index is -0.733. The van der Waals surface area contributed by atoms with Gasteiger partial charge in [-0.1, -0.05) is 12.1 Å². The molecule has 2 aromatic carbocycles. The van der Waals surface area contributed by atoms with Crippen molar-refractivity contribution in [3.8, 4) is 5.75 Å². The van der Waals surface area contributed by atoms with E-state index in [-0.39, 0.29) is 11.3 Å². The van der Waals surface area contributed by atoms with Crippen LogP contribution in [0, 0.1) is 20.2 Å². The van der Waals surface area contributed by atoms with Crippen molar-refractivity contribution in [3.63, 3.8) is 0 Å². The van der Waals surface area contributed by atoms with Gasteiger partial charge in [-0.25, -0.2) is 0 Å². The number of carbonyl (C=O) groups excluding carboxylic acids is 1. The molecule has 2 rings (SSSR count). The lowest BCUT2D eigenvalue weighted by molar-refractivity contribution is -0.394. The quantitative estimate of drug-likeness (QED) is 0.347. The molecule has 0 heterocycles. The number of nitro benzene ring substituents is 2. The van der Waals surface area contributed by atoms with Gasteiger partial charge in [0.1, 0.15) is 5.75 Å². The van der Waals surface area contributed by atoms with Crippen LogP contribution in [0.1, 0.15) is 15.9 Å². The van der Waals surface area contributed by atoms with E-state index >= 15 is 0 Å². The maximum absolute atomic E-state index is 12.1. The van der Waals surface area contributed by atoms with Gasteiger partial charge >= 0.3 is 0 Å². The van der Waals surface area contributed by atoms with Crippen molar-refractivity contribution in [2.45, 2.75) is 0 Å². The van der Waals surface area contributed by atoms with Crippen LogP contribution >= 0.6 is 0 Å². The van der Waals surface area contributed by atoms with Crippen molar-refractivity contribution in [1.29, 1.82) is 0 Å². The predicted molar refractivity (Wildman–Crippen MR) is 86.1 cm³/mol. The predicted octanol–water partition coefficient (Wildman–Crippen LogP) is 3.41. The summed E-state index contributed by atoms with van der Waals surface area (Å²) in [6.45, 7) is 0. The number of non-ortho nitro benzene ring substituents is 1. The van der Waals surface area contributed by atoms with E-state index in [0.29, 0.717) is 11.3 Å². The fourth-order valence-electron chi connectivity index (χ4n) is 1.98. The fourth-order valence-corrected chi connectivity index (χ4v) is 1.98. The van der Waals surface area contributed by atoms with Gasteiger partial charge in [0.05, 0.1) is 28.6 Å². The van der Waals surface area contributed by atoms with Gasteiger partial charge in [-0.2, -0.15) is 0 Å². The minimum absolute atomic E-state index is 0.0989. The van der Waals surface area contributed by atoms with E-state index in [2.05, 4.69) is 0 Å². The summed E-state index contributed by atoms with van der Waals surface area (Å²) in [5.74, 6) is 0.136. The molecule has 0 N–H and O–H groups in total. The number of ether oxygens (including phenoxy) is 1. The Morgan fingerprint density at radius 3 is 2.46 bits per heavy atom. The Bertz CT molecular complexity index is 844. The van der Waals surface area contributed by atoms with Gasteiger partial charge in [-0.15, -0.1) is 0 Å². The van der Waals surface area contributed by atoms with Gasteiger partial charge in [0.2, 0.25) is 0 Å². The molecule has 2 aromatic rings. The molecule has 0 aliphatic carbocycles. The van der Waals surface area contributed by atoms with Crippen LogP contribution in [0.2, 0.25) is 0 Å². The average molecular weight is 328 g/mol. The Labute approximate surface area is 136 Å². The number of ketones is 1. The zero-order chi connectivity index (χ0) is 17.7.